The number of aliphatic hydroxyl groups excluding tert-OH is 1. The number of Topliss-reactive ketones (excluding diaryl/α,β-unsaturated/α-hetero) is 1. The van der Waals surface area contributed by atoms with Crippen LogP contribution in [0.5, 0.6) is 0 Å². The van der Waals surface area contributed by atoms with Gasteiger partial charge in [0.15, 0.2) is 5.78 Å². The summed E-state index contributed by atoms with van der Waals surface area (Å²) in [5, 5.41) is 10.7. The van der Waals surface area contributed by atoms with Gasteiger partial charge in [-0.1, -0.05) is 41.1 Å². The van der Waals surface area contributed by atoms with E-state index >= 15 is 0 Å². The van der Waals surface area contributed by atoms with Crippen molar-refractivity contribution in [3.8, 4) is 0 Å². The van der Waals surface area contributed by atoms with Gasteiger partial charge < -0.3 is 5.11 Å². The molecular weight excluding hydrogens is 328 g/mol. The third-order valence-electron chi connectivity index (χ3n) is 5.30. The maximum atomic E-state index is 12.9. The fourth-order valence-corrected chi connectivity index (χ4v) is 4.73. The van der Waals surface area contributed by atoms with E-state index in [9.17, 15) is 9.90 Å². The van der Waals surface area contributed by atoms with Crippen molar-refractivity contribution in [1.29, 1.82) is 0 Å². The molecule has 1 saturated carbocycles. The van der Waals surface area contributed by atoms with Crippen molar-refractivity contribution in [3.63, 3.8) is 0 Å². The highest BCUT2D eigenvalue weighted by atomic mass is 79.9. The number of allylic oxidation sites excluding steroid dienone is 4. The topological polar surface area (TPSA) is 37.3 Å². The van der Waals surface area contributed by atoms with Gasteiger partial charge in [0.2, 0.25) is 0 Å². The normalized spacial score (nSPS) is 33.1. The Kier molecular flexibility index (Phi) is 2.90. The number of benzene rings is 1. The lowest BCUT2D eigenvalue weighted by Crippen LogP contribution is -2.22. The van der Waals surface area contributed by atoms with Crippen LogP contribution >= 0.6 is 15.9 Å². The molecule has 1 N–H and O–H groups in total. The van der Waals surface area contributed by atoms with Gasteiger partial charge in [-0.3, -0.25) is 4.79 Å². The summed E-state index contributed by atoms with van der Waals surface area (Å²) in [5.74, 6) is 1.13. The second-order valence-electron chi connectivity index (χ2n) is 6.28. The first kappa shape index (κ1) is 13.3. The van der Waals surface area contributed by atoms with Crippen LogP contribution in [0.1, 0.15) is 24.5 Å². The molecule has 0 saturated heterocycles. The van der Waals surface area contributed by atoms with Gasteiger partial charge in [0.25, 0.3) is 0 Å². The summed E-state index contributed by atoms with van der Waals surface area (Å²) in [6, 6.07) is 6.00. The van der Waals surface area contributed by atoms with Crippen LogP contribution in [0, 0.1) is 23.7 Å². The zero-order chi connectivity index (χ0) is 14.7. The molecule has 0 spiro atoms. The molecule has 3 aliphatic rings. The van der Waals surface area contributed by atoms with E-state index in [0.29, 0.717) is 23.2 Å². The van der Waals surface area contributed by atoms with Gasteiger partial charge in [-0.2, -0.15) is 0 Å². The predicted octanol–water partition coefficient (Wildman–Crippen LogP) is 4.30. The van der Waals surface area contributed by atoms with Crippen LogP contribution in [0.25, 0.3) is 5.57 Å². The van der Waals surface area contributed by atoms with Crippen molar-refractivity contribution in [2.45, 2.75) is 19.8 Å². The number of aliphatic hydroxyl groups is 1. The molecule has 0 aliphatic heterocycles. The molecule has 0 heterocycles. The monoisotopic (exact) mass is 344 g/mol. The average molecular weight is 345 g/mol. The van der Waals surface area contributed by atoms with E-state index in [1.165, 1.54) is 0 Å². The third kappa shape index (κ3) is 1.73. The van der Waals surface area contributed by atoms with E-state index in [1.54, 1.807) is 0 Å². The fourth-order valence-electron chi connectivity index (χ4n) is 4.37. The summed E-state index contributed by atoms with van der Waals surface area (Å²) in [6.45, 7) is 2.08. The van der Waals surface area contributed by atoms with E-state index in [4.69, 9.17) is 0 Å². The first-order valence-electron chi connectivity index (χ1n) is 7.56. The van der Waals surface area contributed by atoms with E-state index in [2.05, 4.69) is 35.0 Å². The van der Waals surface area contributed by atoms with Gasteiger partial charge in [0.1, 0.15) is 5.76 Å². The summed E-state index contributed by atoms with van der Waals surface area (Å²) in [7, 11) is 0. The largest absolute Gasteiger partial charge is 0.511 e. The summed E-state index contributed by atoms with van der Waals surface area (Å²) in [4.78, 5) is 12.9. The highest BCUT2D eigenvalue weighted by molar-refractivity contribution is 9.10. The Morgan fingerprint density at radius 1 is 1.24 bits per heavy atom. The van der Waals surface area contributed by atoms with E-state index < -0.39 is 0 Å². The van der Waals surface area contributed by atoms with Crippen LogP contribution in [-0.2, 0) is 11.2 Å². The molecular formula is C18H17BrO2. The zero-order valence-corrected chi connectivity index (χ0v) is 13.4. The molecule has 2 bridgehead atoms. The maximum absolute atomic E-state index is 12.9. The van der Waals surface area contributed by atoms with Crippen LogP contribution in [0.3, 0.4) is 0 Å². The molecule has 4 rings (SSSR count). The summed E-state index contributed by atoms with van der Waals surface area (Å²) < 4.78 is 0.945. The Hall–Kier alpha value is -1.35. The maximum Gasteiger partial charge on any atom is 0.171 e. The van der Waals surface area contributed by atoms with Crippen LogP contribution in [0.4, 0.5) is 0 Å². The number of carbonyl (C=O) groups is 1. The van der Waals surface area contributed by atoms with Gasteiger partial charge in [0, 0.05) is 16.3 Å². The van der Waals surface area contributed by atoms with E-state index in [1.807, 2.05) is 18.2 Å². The molecule has 1 aromatic carbocycles. The van der Waals surface area contributed by atoms with Crippen LogP contribution in [0.15, 0.2) is 40.6 Å². The molecule has 108 valence electrons. The zero-order valence-electron chi connectivity index (χ0n) is 11.8. The number of carbonyl (C=O) groups excluding carboxylic acids is 1. The minimum atomic E-state index is -0.0290. The predicted molar refractivity (Wildman–Crippen MR) is 85.8 cm³/mol. The molecule has 0 aromatic heterocycles. The number of aryl methyl sites for hydroxylation is 1. The van der Waals surface area contributed by atoms with Crippen LogP contribution < -0.4 is 0 Å². The van der Waals surface area contributed by atoms with Crippen molar-refractivity contribution in [1.82, 2.24) is 0 Å². The molecule has 2 nitrogen and oxygen atoms in total. The number of hydrogen-bond donors (Lipinski definition) is 1. The lowest BCUT2D eigenvalue weighted by atomic mass is 9.84. The SMILES string of the molecule is CCc1ccc(Br)cc1C1=C(O)[C@H]2[C@@H](C1=O)[C@H]1C=C[C@@H]2C1. The van der Waals surface area contributed by atoms with Crippen molar-refractivity contribution in [2.24, 2.45) is 23.7 Å². The smallest absolute Gasteiger partial charge is 0.171 e. The molecule has 1 aromatic rings. The van der Waals surface area contributed by atoms with Gasteiger partial charge in [-0.05, 0) is 47.9 Å². The second-order valence-corrected chi connectivity index (χ2v) is 7.20. The molecule has 1 fully saturated rings. The molecule has 0 amide bonds. The number of hydrogen-bond acceptors (Lipinski definition) is 2. The van der Waals surface area contributed by atoms with Crippen molar-refractivity contribution >= 4 is 27.3 Å². The molecule has 0 radical (unpaired) electrons. The summed E-state index contributed by atoms with van der Waals surface area (Å²) in [6.07, 6.45) is 6.23. The Balaban J connectivity index is 1.86. The quantitative estimate of drug-likeness (QED) is 0.812. The number of ketones is 1. The first-order chi connectivity index (χ1) is 10.1. The van der Waals surface area contributed by atoms with E-state index in [-0.39, 0.29) is 17.6 Å². The Bertz CT molecular complexity index is 701. The molecule has 3 heteroatoms. The molecule has 0 unspecified atom stereocenters. The van der Waals surface area contributed by atoms with Crippen LogP contribution in [0.2, 0.25) is 0 Å². The first-order valence-corrected chi connectivity index (χ1v) is 8.35. The highest BCUT2D eigenvalue weighted by Crippen LogP contribution is 2.57. The summed E-state index contributed by atoms with van der Waals surface area (Å²) in [5.41, 5.74) is 2.60. The lowest BCUT2D eigenvalue weighted by Gasteiger charge is -2.19. The molecule has 4 atom stereocenters. The third-order valence-corrected chi connectivity index (χ3v) is 5.80. The fraction of sp³-hybridized carbons (Fsp3) is 0.389. The number of rotatable bonds is 2. The van der Waals surface area contributed by atoms with Gasteiger partial charge >= 0.3 is 0 Å². The number of fused-ring (bicyclic) bond motifs is 5. The second kappa shape index (κ2) is 4.57. The van der Waals surface area contributed by atoms with Gasteiger partial charge in [-0.25, -0.2) is 0 Å². The van der Waals surface area contributed by atoms with Crippen molar-refractivity contribution in [3.05, 3.63) is 51.7 Å². The minimum Gasteiger partial charge on any atom is -0.511 e. The standard InChI is InChI=1S/C18H17BrO2/c1-2-9-5-6-12(19)8-13(9)16-17(20)14-10-3-4-11(7-10)15(14)18(16)21/h3-6,8,10-11,14-15,20H,2,7H2,1H3/t10-,11+,14-,15+/m1/s1. The molecule has 3 aliphatic carbocycles. The molecule has 21 heavy (non-hydrogen) atoms. The van der Waals surface area contributed by atoms with Crippen molar-refractivity contribution in [2.75, 3.05) is 0 Å². The minimum absolute atomic E-state index is 0.0196. The highest BCUT2D eigenvalue weighted by Gasteiger charge is 2.55. The number of halogens is 1. The Morgan fingerprint density at radius 3 is 2.62 bits per heavy atom. The van der Waals surface area contributed by atoms with E-state index in [0.717, 1.165) is 28.4 Å². The lowest BCUT2D eigenvalue weighted by molar-refractivity contribution is -0.118. The Labute approximate surface area is 132 Å². The van der Waals surface area contributed by atoms with Gasteiger partial charge in [-0.15, -0.1) is 0 Å². The average Bonchev–Trinajstić information content (AvgIpc) is 3.13. The van der Waals surface area contributed by atoms with Crippen molar-refractivity contribution < 1.29 is 9.90 Å². The van der Waals surface area contributed by atoms with Gasteiger partial charge in [0.05, 0.1) is 5.57 Å². The summed E-state index contributed by atoms with van der Waals surface area (Å²) >= 11 is 3.48. The van der Waals surface area contributed by atoms with Crippen LogP contribution in [-0.4, -0.2) is 10.9 Å². The Morgan fingerprint density at radius 2 is 1.95 bits per heavy atom.